The van der Waals surface area contributed by atoms with Gasteiger partial charge in [0, 0.05) is 14.1 Å². The Morgan fingerprint density at radius 3 is 2.62 bits per heavy atom. The second-order valence-electron chi connectivity index (χ2n) is 5.82. The highest BCUT2D eigenvalue weighted by atomic mass is 32.2. The summed E-state index contributed by atoms with van der Waals surface area (Å²) in [6.07, 6.45) is 0. The fraction of sp³-hybridized carbons (Fsp3) is 0.176. The monoisotopic (exact) mass is 393 g/mol. The first kappa shape index (κ1) is 18.4. The van der Waals surface area contributed by atoms with E-state index in [4.69, 9.17) is 0 Å². The number of hydrogen-bond acceptors (Lipinski definition) is 5. The number of carbonyl (C=O) groups excluding carboxylic acids is 1. The van der Waals surface area contributed by atoms with Gasteiger partial charge in [-0.15, -0.1) is 0 Å². The van der Waals surface area contributed by atoms with Crippen LogP contribution in [0.2, 0.25) is 0 Å². The molecule has 1 N–H and O–H groups in total. The maximum absolute atomic E-state index is 14.1. The summed E-state index contributed by atoms with van der Waals surface area (Å²) in [7, 11) is -1.05. The van der Waals surface area contributed by atoms with E-state index in [0.717, 1.165) is 38.3 Å². The number of sulfonamides is 1. The lowest BCUT2D eigenvalue weighted by molar-refractivity contribution is 0.102. The molecule has 0 fully saturated rings. The predicted octanol–water partition coefficient (Wildman–Crippen LogP) is 3.25. The Balaban J connectivity index is 1.95. The second-order valence-corrected chi connectivity index (χ2v) is 9.01. The maximum Gasteiger partial charge on any atom is 0.260 e. The third-order valence-corrected chi connectivity index (χ3v) is 6.55. The first-order valence-corrected chi connectivity index (χ1v) is 9.85. The van der Waals surface area contributed by atoms with Crippen molar-refractivity contribution < 1.29 is 17.6 Å². The molecule has 0 spiro atoms. The highest BCUT2D eigenvalue weighted by Gasteiger charge is 2.22. The molecule has 0 aliphatic heterocycles. The summed E-state index contributed by atoms with van der Waals surface area (Å²) in [5, 5.41) is 2.86. The Morgan fingerprint density at radius 1 is 1.23 bits per heavy atom. The first-order valence-electron chi connectivity index (χ1n) is 7.60. The third kappa shape index (κ3) is 3.33. The van der Waals surface area contributed by atoms with Crippen LogP contribution in [-0.2, 0) is 10.0 Å². The average molecular weight is 393 g/mol. The van der Waals surface area contributed by atoms with E-state index in [1.165, 1.54) is 25.4 Å². The SMILES string of the molecule is Cc1cccc2sc(NC(=O)c3cc(S(=O)(=O)N(C)C)ccc3F)nc12. The molecule has 0 saturated heterocycles. The van der Waals surface area contributed by atoms with E-state index < -0.39 is 21.7 Å². The zero-order valence-electron chi connectivity index (χ0n) is 14.3. The lowest BCUT2D eigenvalue weighted by Gasteiger charge is -2.12. The number of benzene rings is 2. The molecule has 1 heterocycles. The van der Waals surface area contributed by atoms with E-state index in [1.807, 2.05) is 25.1 Å². The zero-order chi connectivity index (χ0) is 19.1. The van der Waals surface area contributed by atoms with E-state index in [2.05, 4.69) is 10.3 Å². The van der Waals surface area contributed by atoms with Gasteiger partial charge < -0.3 is 0 Å². The summed E-state index contributed by atoms with van der Waals surface area (Å²) >= 11 is 1.26. The van der Waals surface area contributed by atoms with E-state index in [9.17, 15) is 17.6 Å². The van der Waals surface area contributed by atoms with Gasteiger partial charge in [-0.05, 0) is 36.8 Å². The number of nitrogens with one attached hydrogen (secondary N) is 1. The van der Waals surface area contributed by atoms with E-state index in [1.54, 1.807) is 0 Å². The molecule has 6 nitrogen and oxygen atoms in total. The Bertz CT molecular complexity index is 1110. The van der Waals surface area contributed by atoms with Gasteiger partial charge in [0.1, 0.15) is 5.82 Å². The fourth-order valence-corrected chi connectivity index (χ4v) is 4.22. The minimum atomic E-state index is -3.78. The number of aromatic nitrogens is 1. The minimum Gasteiger partial charge on any atom is -0.298 e. The molecule has 3 rings (SSSR count). The van der Waals surface area contributed by atoms with Crippen molar-refractivity contribution in [2.24, 2.45) is 0 Å². The molecule has 0 bridgehead atoms. The number of halogens is 1. The summed E-state index contributed by atoms with van der Waals surface area (Å²) in [6.45, 7) is 1.91. The minimum absolute atomic E-state index is 0.158. The van der Waals surface area contributed by atoms with Crippen molar-refractivity contribution >= 4 is 42.6 Å². The lowest BCUT2D eigenvalue weighted by Crippen LogP contribution is -2.23. The van der Waals surface area contributed by atoms with Crippen LogP contribution in [0.1, 0.15) is 15.9 Å². The normalized spacial score (nSPS) is 11.9. The van der Waals surface area contributed by atoms with Gasteiger partial charge in [0.25, 0.3) is 5.91 Å². The number of carbonyl (C=O) groups is 1. The van der Waals surface area contributed by atoms with Gasteiger partial charge in [-0.2, -0.15) is 0 Å². The standard InChI is InChI=1S/C17H16FN3O3S2/c1-10-5-4-6-14-15(10)19-17(25-14)20-16(22)12-9-11(7-8-13(12)18)26(23,24)21(2)3/h4-9H,1-3H3,(H,19,20,22). The Labute approximate surface area is 154 Å². The summed E-state index contributed by atoms with van der Waals surface area (Å²) in [5.41, 5.74) is 1.37. The van der Waals surface area contributed by atoms with Crippen LogP contribution in [0.3, 0.4) is 0 Å². The van der Waals surface area contributed by atoms with Crippen molar-refractivity contribution in [3.8, 4) is 0 Å². The van der Waals surface area contributed by atoms with Crippen molar-refractivity contribution in [3.63, 3.8) is 0 Å². The lowest BCUT2D eigenvalue weighted by atomic mass is 10.2. The third-order valence-electron chi connectivity index (χ3n) is 3.80. The smallest absolute Gasteiger partial charge is 0.260 e. The van der Waals surface area contributed by atoms with Crippen molar-refractivity contribution in [1.29, 1.82) is 0 Å². The number of amides is 1. The van der Waals surface area contributed by atoms with Crippen LogP contribution >= 0.6 is 11.3 Å². The zero-order valence-corrected chi connectivity index (χ0v) is 15.9. The van der Waals surface area contributed by atoms with Crippen molar-refractivity contribution in [3.05, 3.63) is 53.3 Å². The second kappa shape index (κ2) is 6.75. The molecular formula is C17H16FN3O3S2. The number of rotatable bonds is 4. The predicted molar refractivity (Wildman–Crippen MR) is 99.6 cm³/mol. The summed E-state index contributed by atoms with van der Waals surface area (Å²) in [4.78, 5) is 16.6. The number of nitrogens with zero attached hydrogens (tertiary/aromatic N) is 2. The van der Waals surface area contributed by atoms with Crippen LogP contribution in [0.25, 0.3) is 10.2 Å². The van der Waals surface area contributed by atoms with Crippen molar-refractivity contribution in [2.75, 3.05) is 19.4 Å². The number of aryl methyl sites for hydroxylation is 1. The van der Waals surface area contributed by atoms with E-state index in [0.29, 0.717) is 5.13 Å². The molecule has 0 unspecified atom stereocenters. The largest absolute Gasteiger partial charge is 0.298 e. The van der Waals surface area contributed by atoms with Gasteiger partial charge in [0.15, 0.2) is 5.13 Å². The number of hydrogen-bond donors (Lipinski definition) is 1. The van der Waals surface area contributed by atoms with Gasteiger partial charge >= 0.3 is 0 Å². The number of thiazole rings is 1. The molecule has 2 aromatic carbocycles. The van der Waals surface area contributed by atoms with Crippen LogP contribution < -0.4 is 5.32 Å². The molecule has 1 amide bonds. The van der Waals surface area contributed by atoms with Gasteiger partial charge in [-0.1, -0.05) is 23.5 Å². The topological polar surface area (TPSA) is 79.4 Å². The molecule has 0 saturated carbocycles. The fourth-order valence-electron chi connectivity index (χ4n) is 2.35. The Morgan fingerprint density at radius 2 is 1.96 bits per heavy atom. The maximum atomic E-state index is 14.1. The van der Waals surface area contributed by atoms with Crippen molar-refractivity contribution in [2.45, 2.75) is 11.8 Å². The summed E-state index contributed by atoms with van der Waals surface area (Å²) in [5.74, 6) is -1.56. The molecule has 26 heavy (non-hydrogen) atoms. The molecule has 0 atom stereocenters. The molecular weight excluding hydrogens is 377 g/mol. The number of para-hydroxylation sites is 1. The van der Waals surface area contributed by atoms with Crippen LogP contribution in [0.4, 0.5) is 9.52 Å². The van der Waals surface area contributed by atoms with Gasteiger partial charge in [-0.25, -0.2) is 22.1 Å². The molecule has 1 aromatic heterocycles. The highest BCUT2D eigenvalue weighted by molar-refractivity contribution is 7.89. The molecule has 3 aromatic rings. The van der Waals surface area contributed by atoms with Crippen LogP contribution in [0.5, 0.6) is 0 Å². The molecule has 0 aliphatic carbocycles. The molecule has 0 aliphatic rings. The van der Waals surface area contributed by atoms with E-state index >= 15 is 0 Å². The van der Waals surface area contributed by atoms with Crippen LogP contribution in [0.15, 0.2) is 41.3 Å². The quantitative estimate of drug-likeness (QED) is 0.738. The Hall–Kier alpha value is -2.36. The molecule has 0 radical (unpaired) electrons. The van der Waals surface area contributed by atoms with Gasteiger partial charge in [-0.3, -0.25) is 10.1 Å². The number of anilines is 1. The van der Waals surface area contributed by atoms with Crippen molar-refractivity contribution in [1.82, 2.24) is 9.29 Å². The average Bonchev–Trinajstić information content (AvgIpc) is 2.98. The van der Waals surface area contributed by atoms with Gasteiger partial charge in [0.2, 0.25) is 10.0 Å². The van der Waals surface area contributed by atoms with Crippen LogP contribution in [0, 0.1) is 12.7 Å². The Kier molecular flexibility index (Phi) is 4.78. The van der Waals surface area contributed by atoms with Crippen LogP contribution in [-0.4, -0.2) is 37.7 Å². The highest BCUT2D eigenvalue weighted by Crippen LogP contribution is 2.28. The van der Waals surface area contributed by atoms with Gasteiger partial charge in [0.05, 0.1) is 20.7 Å². The van der Waals surface area contributed by atoms with E-state index in [-0.39, 0.29) is 10.5 Å². The molecule has 9 heteroatoms. The first-order chi connectivity index (χ1) is 12.2. The summed E-state index contributed by atoms with van der Waals surface area (Å²) < 4.78 is 40.4. The molecule has 136 valence electrons. The number of fused-ring (bicyclic) bond motifs is 1. The summed E-state index contributed by atoms with van der Waals surface area (Å²) in [6, 6.07) is 8.79.